The lowest BCUT2D eigenvalue weighted by Crippen LogP contribution is -2.28. The predicted octanol–water partition coefficient (Wildman–Crippen LogP) is 5.89. The molecule has 0 heterocycles. The molecule has 1 amide bonds. The lowest BCUT2D eigenvalue weighted by molar-refractivity contribution is -0.148. The zero-order valence-electron chi connectivity index (χ0n) is 21.6. The summed E-state index contributed by atoms with van der Waals surface area (Å²) in [6.45, 7) is 5.05. The van der Waals surface area contributed by atoms with Gasteiger partial charge in [0.05, 0.1) is 19.1 Å². The second-order valence-electron chi connectivity index (χ2n) is 8.86. The second-order valence-corrected chi connectivity index (χ2v) is 8.86. The van der Waals surface area contributed by atoms with Gasteiger partial charge in [0.25, 0.3) is 5.91 Å². The third kappa shape index (κ3) is 8.60. The van der Waals surface area contributed by atoms with Gasteiger partial charge in [-0.2, -0.15) is 0 Å². The number of nitrogens with one attached hydrogen (secondary N) is 1. The van der Waals surface area contributed by atoms with Gasteiger partial charge in [0.2, 0.25) is 0 Å². The number of aldehydes is 1. The second kappa shape index (κ2) is 14.6. The molecule has 0 aromatic heterocycles. The van der Waals surface area contributed by atoms with Crippen LogP contribution >= 0.6 is 0 Å². The molecule has 1 N–H and O–H groups in total. The van der Waals surface area contributed by atoms with Crippen molar-refractivity contribution in [3.05, 3.63) is 89.5 Å². The number of carbonyl (C=O) groups is 3. The molecule has 1 atom stereocenters. The highest BCUT2D eigenvalue weighted by molar-refractivity contribution is 5.94. The largest absolute Gasteiger partial charge is 0.492 e. The fraction of sp³-hybridized carbons (Fsp3) is 0.323. The molecule has 0 fully saturated rings. The van der Waals surface area contributed by atoms with Crippen molar-refractivity contribution in [2.75, 3.05) is 19.8 Å². The van der Waals surface area contributed by atoms with Gasteiger partial charge >= 0.3 is 5.97 Å². The topological polar surface area (TPSA) is 81.7 Å². The molecule has 0 spiro atoms. The van der Waals surface area contributed by atoms with E-state index in [1.54, 1.807) is 18.2 Å². The standard InChI is InChI=1S/C31H35NO5/c1-3-5-8-28(31(35)36-4-2)20-23-10-16-29(17-11-23)37-19-18-32-30(34)26-14-12-25(13-15-26)27-9-6-7-24(21-27)22-33/h6-7,9-17,21-22,28H,3-5,8,18-20H2,1-2H3,(H,32,34). The van der Waals surface area contributed by atoms with Crippen LogP contribution in [0, 0.1) is 5.92 Å². The SMILES string of the molecule is CCCCC(Cc1ccc(OCCNC(=O)c2ccc(-c3cccc(C=O)c3)cc2)cc1)C(=O)OCC. The fourth-order valence-electron chi connectivity index (χ4n) is 4.06. The van der Waals surface area contributed by atoms with Crippen molar-refractivity contribution < 1.29 is 23.9 Å². The van der Waals surface area contributed by atoms with Crippen molar-refractivity contribution in [3.8, 4) is 16.9 Å². The molecular weight excluding hydrogens is 466 g/mol. The van der Waals surface area contributed by atoms with Crippen molar-refractivity contribution in [3.63, 3.8) is 0 Å². The molecule has 0 bridgehead atoms. The molecule has 194 valence electrons. The quantitative estimate of drug-likeness (QED) is 0.169. The van der Waals surface area contributed by atoms with Gasteiger partial charge in [-0.1, -0.05) is 62.2 Å². The summed E-state index contributed by atoms with van der Waals surface area (Å²) in [5.41, 5.74) is 4.09. The number of esters is 1. The number of hydrogen-bond donors (Lipinski definition) is 1. The minimum absolute atomic E-state index is 0.127. The Labute approximate surface area is 219 Å². The summed E-state index contributed by atoms with van der Waals surface area (Å²) in [5.74, 6) is 0.275. The molecule has 6 heteroatoms. The van der Waals surface area contributed by atoms with Gasteiger partial charge in [-0.05, 0) is 66.8 Å². The van der Waals surface area contributed by atoms with E-state index < -0.39 is 0 Å². The van der Waals surface area contributed by atoms with Crippen LogP contribution in [-0.2, 0) is 16.0 Å². The fourth-order valence-corrected chi connectivity index (χ4v) is 4.06. The van der Waals surface area contributed by atoms with Crippen LogP contribution in [0.25, 0.3) is 11.1 Å². The summed E-state index contributed by atoms with van der Waals surface area (Å²) in [7, 11) is 0. The highest BCUT2D eigenvalue weighted by Gasteiger charge is 2.19. The van der Waals surface area contributed by atoms with Crippen LogP contribution in [0.15, 0.2) is 72.8 Å². The molecule has 0 saturated carbocycles. The molecule has 0 aliphatic carbocycles. The Morgan fingerprint density at radius 1 is 0.946 bits per heavy atom. The zero-order valence-corrected chi connectivity index (χ0v) is 21.6. The lowest BCUT2D eigenvalue weighted by atomic mass is 9.94. The summed E-state index contributed by atoms with van der Waals surface area (Å²) in [6, 6.07) is 22.3. The molecule has 3 rings (SSSR count). The first-order chi connectivity index (χ1) is 18.0. The number of hydrogen-bond acceptors (Lipinski definition) is 5. The Balaban J connectivity index is 1.45. The number of benzene rings is 3. The Bertz CT molecular complexity index is 1150. The molecule has 3 aromatic carbocycles. The third-order valence-corrected chi connectivity index (χ3v) is 6.09. The van der Waals surface area contributed by atoms with E-state index in [1.165, 1.54) is 0 Å². The van der Waals surface area contributed by atoms with Crippen LogP contribution in [0.3, 0.4) is 0 Å². The van der Waals surface area contributed by atoms with Gasteiger partial charge in [0.1, 0.15) is 18.6 Å². The van der Waals surface area contributed by atoms with Crippen molar-refractivity contribution in [2.24, 2.45) is 5.92 Å². The molecule has 0 saturated heterocycles. The predicted molar refractivity (Wildman–Crippen MR) is 145 cm³/mol. The van der Waals surface area contributed by atoms with Crippen LogP contribution in [-0.4, -0.2) is 37.9 Å². The zero-order chi connectivity index (χ0) is 26.5. The minimum atomic E-state index is -0.177. The summed E-state index contributed by atoms with van der Waals surface area (Å²) < 4.78 is 11.0. The first-order valence-corrected chi connectivity index (χ1v) is 12.9. The summed E-state index contributed by atoms with van der Waals surface area (Å²) in [6.07, 6.45) is 4.33. The van der Waals surface area contributed by atoms with E-state index in [2.05, 4.69) is 12.2 Å². The molecule has 37 heavy (non-hydrogen) atoms. The van der Waals surface area contributed by atoms with E-state index in [9.17, 15) is 14.4 Å². The van der Waals surface area contributed by atoms with Gasteiger partial charge in [-0.25, -0.2) is 0 Å². The normalized spacial score (nSPS) is 11.4. The maximum Gasteiger partial charge on any atom is 0.309 e. The number of carbonyl (C=O) groups excluding carboxylic acids is 3. The van der Waals surface area contributed by atoms with Gasteiger partial charge in [-0.3, -0.25) is 14.4 Å². The summed E-state index contributed by atoms with van der Waals surface area (Å²) in [5, 5.41) is 2.87. The number of ether oxygens (including phenoxy) is 2. The Morgan fingerprint density at radius 3 is 2.38 bits per heavy atom. The average Bonchev–Trinajstić information content (AvgIpc) is 2.94. The van der Waals surface area contributed by atoms with E-state index in [0.717, 1.165) is 42.2 Å². The molecular formula is C31H35NO5. The van der Waals surface area contributed by atoms with E-state index in [4.69, 9.17) is 9.47 Å². The third-order valence-electron chi connectivity index (χ3n) is 6.09. The van der Waals surface area contributed by atoms with Gasteiger partial charge < -0.3 is 14.8 Å². The van der Waals surface area contributed by atoms with Crippen LogP contribution in [0.5, 0.6) is 5.75 Å². The van der Waals surface area contributed by atoms with E-state index in [1.807, 2.05) is 61.5 Å². The van der Waals surface area contributed by atoms with Crippen molar-refractivity contribution in [2.45, 2.75) is 39.5 Å². The number of unbranched alkanes of at least 4 members (excludes halogenated alkanes) is 1. The Kier molecular flexibility index (Phi) is 10.9. The maximum atomic E-state index is 12.5. The van der Waals surface area contributed by atoms with E-state index >= 15 is 0 Å². The average molecular weight is 502 g/mol. The highest BCUT2D eigenvalue weighted by atomic mass is 16.5. The minimum Gasteiger partial charge on any atom is -0.492 e. The van der Waals surface area contributed by atoms with Crippen molar-refractivity contribution >= 4 is 18.2 Å². The molecule has 1 unspecified atom stereocenters. The Morgan fingerprint density at radius 2 is 1.70 bits per heavy atom. The van der Waals surface area contributed by atoms with Crippen molar-refractivity contribution in [1.29, 1.82) is 0 Å². The van der Waals surface area contributed by atoms with Gasteiger partial charge in [-0.15, -0.1) is 0 Å². The maximum absolute atomic E-state index is 12.5. The van der Waals surface area contributed by atoms with Crippen LogP contribution in [0.2, 0.25) is 0 Å². The molecule has 0 radical (unpaired) electrons. The molecule has 0 aliphatic rings. The highest BCUT2D eigenvalue weighted by Crippen LogP contribution is 2.21. The summed E-state index contributed by atoms with van der Waals surface area (Å²) in [4.78, 5) is 35.7. The van der Waals surface area contributed by atoms with E-state index in [0.29, 0.717) is 43.1 Å². The monoisotopic (exact) mass is 501 g/mol. The molecule has 3 aromatic rings. The van der Waals surface area contributed by atoms with E-state index in [-0.39, 0.29) is 17.8 Å². The smallest absolute Gasteiger partial charge is 0.309 e. The molecule has 0 aliphatic heterocycles. The lowest BCUT2D eigenvalue weighted by Gasteiger charge is -2.15. The van der Waals surface area contributed by atoms with Gasteiger partial charge in [0, 0.05) is 11.1 Å². The Hall–Kier alpha value is -3.93. The van der Waals surface area contributed by atoms with Crippen LogP contribution in [0.4, 0.5) is 0 Å². The van der Waals surface area contributed by atoms with Gasteiger partial charge in [0.15, 0.2) is 0 Å². The number of rotatable bonds is 14. The first-order valence-electron chi connectivity index (χ1n) is 12.9. The summed E-state index contributed by atoms with van der Waals surface area (Å²) >= 11 is 0. The van der Waals surface area contributed by atoms with Crippen molar-refractivity contribution in [1.82, 2.24) is 5.32 Å². The first kappa shape index (κ1) is 27.7. The van der Waals surface area contributed by atoms with Crippen LogP contribution < -0.4 is 10.1 Å². The van der Waals surface area contributed by atoms with Crippen LogP contribution in [0.1, 0.15) is 59.4 Å². The molecule has 6 nitrogen and oxygen atoms in total. The number of amides is 1.